The van der Waals surface area contributed by atoms with Gasteiger partial charge in [0.2, 0.25) is 0 Å². The Bertz CT molecular complexity index is 444. The molecule has 0 aromatic heterocycles. The van der Waals surface area contributed by atoms with Crippen LogP contribution in [-0.2, 0) is 4.79 Å². The van der Waals surface area contributed by atoms with Gasteiger partial charge in [0, 0.05) is 24.6 Å². The van der Waals surface area contributed by atoms with Crippen LogP contribution in [-0.4, -0.2) is 53.2 Å². The van der Waals surface area contributed by atoms with Gasteiger partial charge in [0.15, 0.2) is 0 Å². The third-order valence-corrected chi connectivity index (χ3v) is 4.33. The first-order chi connectivity index (χ1) is 9.18. The first-order valence-electron chi connectivity index (χ1n) is 6.10. The summed E-state index contributed by atoms with van der Waals surface area (Å²) in [7, 11) is 0. The smallest absolute Gasteiger partial charge is 0.321 e. The monoisotopic (exact) mass is 301 g/mol. The Morgan fingerprint density at radius 2 is 2.32 bits per heavy atom. The molecule has 0 bridgehead atoms. The van der Waals surface area contributed by atoms with Crippen LogP contribution >= 0.6 is 23.4 Å². The summed E-state index contributed by atoms with van der Waals surface area (Å²) in [4.78, 5) is 13.1. The number of halogens is 1. The molecule has 1 N–H and O–H groups in total. The third-order valence-electron chi connectivity index (χ3n) is 3.00. The summed E-state index contributed by atoms with van der Waals surface area (Å²) in [5.41, 5.74) is 0. The number of rotatable bonds is 5. The van der Waals surface area contributed by atoms with Crippen molar-refractivity contribution in [1.82, 2.24) is 4.90 Å². The number of aliphatic carboxylic acids is 1. The molecule has 1 unspecified atom stereocenters. The zero-order chi connectivity index (χ0) is 13.7. The lowest BCUT2D eigenvalue weighted by atomic mass is 10.2. The van der Waals surface area contributed by atoms with Crippen molar-refractivity contribution >= 4 is 29.3 Å². The van der Waals surface area contributed by atoms with E-state index in [0.29, 0.717) is 29.7 Å². The average molecular weight is 302 g/mol. The van der Waals surface area contributed by atoms with E-state index in [1.54, 1.807) is 17.8 Å². The molecular weight excluding hydrogens is 286 g/mol. The fourth-order valence-electron chi connectivity index (χ4n) is 1.97. The van der Waals surface area contributed by atoms with Crippen LogP contribution < -0.4 is 4.74 Å². The zero-order valence-corrected chi connectivity index (χ0v) is 12.0. The molecule has 0 saturated carbocycles. The van der Waals surface area contributed by atoms with Gasteiger partial charge in [-0.15, -0.1) is 0 Å². The lowest BCUT2D eigenvalue weighted by Crippen LogP contribution is -2.48. The Balaban J connectivity index is 1.84. The Morgan fingerprint density at radius 3 is 3.05 bits per heavy atom. The van der Waals surface area contributed by atoms with Crippen LogP contribution in [0, 0.1) is 0 Å². The predicted molar refractivity (Wildman–Crippen MR) is 77.3 cm³/mol. The van der Waals surface area contributed by atoms with Gasteiger partial charge >= 0.3 is 5.97 Å². The number of hydrogen-bond acceptors (Lipinski definition) is 4. The molecule has 2 rings (SSSR count). The van der Waals surface area contributed by atoms with Crippen LogP contribution in [0.5, 0.6) is 5.75 Å². The molecule has 1 heterocycles. The van der Waals surface area contributed by atoms with E-state index >= 15 is 0 Å². The van der Waals surface area contributed by atoms with Crippen molar-refractivity contribution < 1.29 is 14.6 Å². The van der Waals surface area contributed by atoms with E-state index in [-0.39, 0.29) is 0 Å². The van der Waals surface area contributed by atoms with Crippen LogP contribution in [0.4, 0.5) is 0 Å². The molecule has 1 aliphatic rings. The first kappa shape index (κ1) is 14.5. The maximum atomic E-state index is 11.1. The Labute approximate surface area is 121 Å². The number of hydrogen-bond donors (Lipinski definition) is 1. The van der Waals surface area contributed by atoms with E-state index in [4.69, 9.17) is 21.4 Å². The second-order valence-corrected chi connectivity index (χ2v) is 5.80. The second-order valence-electron chi connectivity index (χ2n) is 4.24. The number of ether oxygens (including phenoxy) is 1. The fourth-order valence-corrected chi connectivity index (χ4v) is 3.26. The topological polar surface area (TPSA) is 49.8 Å². The lowest BCUT2D eigenvalue weighted by molar-refractivity contribution is -0.142. The van der Waals surface area contributed by atoms with Gasteiger partial charge < -0.3 is 9.84 Å². The molecule has 4 nitrogen and oxygen atoms in total. The summed E-state index contributed by atoms with van der Waals surface area (Å²) in [5.74, 6) is 1.49. The highest BCUT2D eigenvalue weighted by Crippen LogP contribution is 2.23. The zero-order valence-electron chi connectivity index (χ0n) is 10.4. The van der Waals surface area contributed by atoms with Crippen LogP contribution in [0.2, 0.25) is 5.02 Å². The van der Waals surface area contributed by atoms with Crippen molar-refractivity contribution in [1.29, 1.82) is 0 Å². The molecule has 1 aromatic carbocycles. The molecule has 1 saturated heterocycles. The van der Waals surface area contributed by atoms with Crippen molar-refractivity contribution in [3.8, 4) is 5.75 Å². The van der Waals surface area contributed by atoms with Gasteiger partial charge in [-0.3, -0.25) is 9.69 Å². The maximum Gasteiger partial charge on any atom is 0.321 e. The molecule has 0 aliphatic carbocycles. The van der Waals surface area contributed by atoms with Crippen molar-refractivity contribution in [2.45, 2.75) is 6.04 Å². The number of carboxylic acid groups (broad SMARTS) is 1. The quantitative estimate of drug-likeness (QED) is 0.904. The molecule has 1 aliphatic heterocycles. The van der Waals surface area contributed by atoms with Gasteiger partial charge in [0.05, 0.1) is 5.02 Å². The summed E-state index contributed by atoms with van der Waals surface area (Å²) in [6.07, 6.45) is 0. The van der Waals surface area contributed by atoms with Gasteiger partial charge in [-0.2, -0.15) is 11.8 Å². The Morgan fingerprint density at radius 1 is 1.53 bits per heavy atom. The molecule has 1 atom stereocenters. The van der Waals surface area contributed by atoms with Crippen LogP contribution in [0.3, 0.4) is 0 Å². The Hall–Kier alpha value is -0.910. The number of thioether (sulfide) groups is 1. The average Bonchev–Trinajstić information content (AvgIpc) is 2.41. The molecule has 0 amide bonds. The highest BCUT2D eigenvalue weighted by molar-refractivity contribution is 7.99. The number of carbonyl (C=O) groups is 1. The van der Waals surface area contributed by atoms with Crippen molar-refractivity contribution in [3.05, 3.63) is 29.3 Å². The molecule has 0 spiro atoms. The highest BCUT2D eigenvalue weighted by atomic mass is 35.5. The maximum absolute atomic E-state index is 11.1. The minimum atomic E-state index is -0.759. The number of para-hydroxylation sites is 1. The summed E-state index contributed by atoms with van der Waals surface area (Å²) < 4.78 is 5.59. The minimum absolute atomic E-state index is 0.409. The normalized spacial score (nSPS) is 20.2. The summed E-state index contributed by atoms with van der Waals surface area (Å²) in [6.45, 7) is 1.83. The number of benzene rings is 1. The van der Waals surface area contributed by atoms with Crippen molar-refractivity contribution in [2.75, 3.05) is 31.2 Å². The van der Waals surface area contributed by atoms with Gasteiger partial charge in [-0.05, 0) is 12.1 Å². The summed E-state index contributed by atoms with van der Waals surface area (Å²) in [6, 6.07) is 6.88. The molecule has 1 aromatic rings. The van der Waals surface area contributed by atoms with Crippen molar-refractivity contribution in [2.24, 2.45) is 0 Å². The van der Waals surface area contributed by atoms with Crippen LogP contribution in [0.25, 0.3) is 0 Å². The molecule has 1 fully saturated rings. The second kappa shape index (κ2) is 7.03. The SMILES string of the molecule is O=C(O)C1CSCCN1CCOc1ccccc1Cl. The van der Waals surface area contributed by atoms with E-state index in [1.165, 1.54) is 0 Å². The molecular formula is C13H16ClNO3S. The Kier molecular flexibility index (Phi) is 5.36. The number of nitrogens with zero attached hydrogens (tertiary/aromatic N) is 1. The van der Waals surface area contributed by atoms with E-state index in [1.807, 2.05) is 23.1 Å². The van der Waals surface area contributed by atoms with Gasteiger partial charge in [0.1, 0.15) is 18.4 Å². The summed E-state index contributed by atoms with van der Waals surface area (Å²) >= 11 is 7.67. The molecule has 19 heavy (non-hydrogen) atoms. The molecule has 104 valence electrons. The van der Waals surface area contributed by atoms with E-state index in [2.05, 4.69) is 0 Å². The fraction of sp³-hybridized carbons (Fsp3) is 0.462. The van der Waals surface area contributed by atoms with Gasteiger partial charge in [0.25, 0.3) is 0 Å². The van der Waals surface area contributed by atoms with Gasteiger partial charge in [-0.1, -0.05) is 23.7 Å². The predicted octanol–water partition coefficient (Wildman–Crippen LogP) is 2.22. The van der Waals surface area contributed by atoms with Crippen LogP contribution in [0.15, 0.2) is 24.3 Å². The van der Waals surface area contributed by atoms with Crippen molar-refractivity contribution in [3.63, 3.8) is 0 Å². The standard InChI is InChI=1S/C13H16ClNO3S/c14-10-3-1-2-4-12(10)18-7-5-15-6-8-19-9-11(15)13(16)17/h1-4,11H,5-9H2,(H,16,17). The first-order valence-corrected chi connectivity index (χ1v) is 7.63. The van der Waals surface area contributed by atoms with Gasteiger partial charge in [-0.25, -0.2) is 0 Å². The van der Waals surface area contributed by atoms with E-state index < -0.39 is 12.0 Å². The van der Waals surface area contributed by atoms with E-state index in [0.717, 1.165) is 12.3 Å². The van der Waals surface area contributed by atoms with E-state index in [9.17, 15) is 4.79 Å². The summed E-state index contributed by atoms with van der Waals surface area (Å²) in [5, 5.41) is 9.73. The largest absolute Gasteiger partial charge is 0.491 e. The van der Waals surface area contributed by atoms with Crippen LogP contribution in [0.1, 0.15) is 0 Å². The molecule has 0 radical (unpaired) electrons. The molecule has 6 heteroatoms. The third kappa shape index (κ3) is 4.03. The minimum Gasteiger partial charge on any atom is -0.491 e. The number of carboxylic acids is 1. The lowest BCUT2D eigenvalue weighted by Gasteiger charge is -2.32. The highest BCUT2D eigenvalue weighted by Gasteiger charge is 2.28.